The average Bonchev–Trinajstić information content (AvgIpc) is 2.62. The maximum absolute atomic E-state index is 12.7. The largest absolute Gasteiger partial charge is 0.378 e. The van der Waals surface area contributed by atoms with Crippen LogP contribution in [0.4, 0.5) is 17.2 Å². The number of ether oxygens (including phenoxy) is 1. The number of nitrogens with one attached hydrogen (secondary N) is 1. The van der Waals surface area contributed by atoms with Gasteiger partial charge in [0.1, 0.15) is 5.82 Å². The van der Waals surface area contributed by atoms with Gasteiger partial charge in [-0.1, -0.05) is 0 Å². The number of morpholine rings is 1. The van der Waals surface area contributed by atoms with Gasteiger partial charge in [-0.15, -0.1) is 0 Å². The van der Waals surface area contributed by atoms with Gasteiger partial charge in [-0.25, -0.2) is 4.98 Å². The lowest BCUT2D eigenvalue weighted by Crippen LogP contribution is -2.37. The highest BCUT2D eigenvalue weighted by atomic mass is 16.6. The molecular weight excluding hydrogens is 324 g/mol. The van der Waals surface area contributed by atoms with Crippen molar-refractivity contribution in [2.75, 3.05) is 36.5 Å². The van der Waals surface area contributed by atoms with Crippen molar-refractivity contribution in [2.24, 2.45) is 0 Å². The van der Waals surface area contributed by atoms with Crippen molar-refractivity contribution in [1.82, 2.24) is 4.98 Å². The number of non-ortho nitro benzene ring substituents is 1. The van der Waals surface area contributed by atoms with Crippen molar-refractivity contribution >= 4 is 23.1 Å². The third-order valence-corrected chi connectivity index (χ3v) is 3.94. The molecule has 0 atom stereocenters. The molecule has 8 nitrogen and oxygen atoms in total. The standard InChI is InChI=1S/C17H18N4O4/c1-12-4-5-18-16(10-12)19-17(22)14-11-13(21(23)24)2-3-15(14)20-6-8-25-9-7-20/h2-5,10-11H,6-9H2,1H3,(H,18,19,22). The monoisotopic (exact) mass is 342 g/mol. The summed E-state index contributed by atoms with van der Waals surface area (Å²) in [5.41, 5.74) is 1.73. The Labute approximate surface area is 144 Å². The number of carbonyl (C=O) groups excluding carboxylic acids is 1. The van der Waals surface area contributed by atoms with Gasteiger partial charge in [0.05, 0.1) is 29.4 Å². The molecule has 0 saturated carbocycles. The SMILES string of the molecule is Cc1ccnc(NC(=O)c2cc([N+](=O)[O-])ccc2N2CCOCC2)c1. The molecule has 1 aliphatic heterocycles. The van der Waals surface area contributed by atoms with E-state index in [2.05, 4.69) is 10.3 Å². The Bertz CT molecular complexity index is 803. The normalized spacial score (nSPS) is 14.2. The summed E-state index contributed by atoms with van der Waals surface area (Å²) < 4.78 is 5.33. The van der Waals surface area contributed by atoms with E-state index in [0.717, 1.165) is 5.56 Å². The number of rotatable bonds is 4. The highest BCUT2D eigenvalue weighted by molar-refractivity contribution is 6.08. The molecule has 0 unspecified atom stereocenters. The van der Waals surface area contributed by atoms with E-state index < -0.39 is 10.8 Å². The van der Waals surface area contributed by atoms with E-state index in [1.165, 1.54) is 12.1 Å². The molecule has 130 valence electrons. The van der Waals surface area contributed by atoms with Crippen LogP contribution in [0.5, 0.6) is 0 Å². The molecule has 0 radical (unpaired) electrons. The van der Waals surface area contributed by atoms with E-state index in [4.69, 9.17) is 4.74 Å². The molecular formula is C17H18N4O4. The molecule has 25 heavy (non-hydrogen) atoms. The van der Waals surface area contributed by atoms with E-state index in [1.807, 2.05) is 17.9 Å². The lowest BCUT2D eigenvalue weighted by molar-refractivity contribution is -0.384. The minimum absolute atomic E-state index is 0.126. The predicted octanol–water partition coefficient (Wildman–Crippen LogP) is 2.39. The average molecular weight is 342 g/mol. The van der Waals surface area contributed by atoms with Gasteiger partial charge in [0.15, 0.2) is 0 Å². The molecule has 0 bridgehead atoms. The molecule has 2 heterocycles. The summed E-state index contributed by atoms with van der Waals surface area (Å²) >= 11 is 0. The molecule has 1 aromatic carbocycles. The molecule has 1 saturated heterocycles. The molecule has 1 amide bonds. The number of nitro benzene ring substituents is 1. The smallest absolute Gasteiger partial charge is 0.270 e. The molecule has 1 N–H and O–H groups in total. The maximum atomic E-state index is 12.7. The third kappa shape index (κ3) is 3.92. The van der Waals surface area contributed by atoms with Gasteiger partial charge in [0.25, 0.3) is 11.6 Å². The van der Waals surface area contributed by atoms with Crippen molar-refractivity contribution in [3.05, 3.63) is 57.8 Å². The number of aromatic nitrogens is 1. The summed E-state index contributed by atoms with van der Waals surface area (Å²) in [5, 5.41) is 13.8. The molecule has 1 aromatic heterocycles. The zero-order valence-electron chi connectivity index (χ0n) is 13.8. The Kier molecular flexibility index (Phi) is 4.90. The Balaban J connectivity index is 1.94. The van der Waals surface area contributed by atoms with Crippen LogP contribution in [-0.4, -0.2) is 42.1 Å². The zero-order valence-corrected chi connectivity index (χ0v) is 13.8. The first-order valence-corrected chi connectivity index (χ1v) is 7.90. The van der Waals surface area contributed by atoms with E-state index >= 15 is 0 Å². The number of benzene rings is 1. The Morgan fingerprint density at radius 3 is 2.72 bits per heavy atom. The number of anilines is 2. The van der Waals surface area contributed by atoms with E-state index in [-0.39, 0.29) is 11.3 Å². The second-order valence-electron chi connectivity index (χ2n) is 5.73. The lowest BCUT2D eigenvalue weighted by Gasteiger charge is -2.30. The molecule has 1 fully saturated rings. The van der Waals surface area contributed by atoms with Crippen LogP contribution in [0.1, 0.15) is 15.9 Å². The number of hydrogen-bond acceptors (Lipinski definition) is 6. The highest BCUT2D eigenvalue weighted by Crippen LogP contribution is 2.27. The summed E-state index contributed by atoms with van der Waals surface area (Å²) in [6.45, 7) is 4.25. The molecule has 3 rings (SSSR count). The van der Waals surface area contributed by atoms with Crippen LogP contribution in [0.3, 0.4) is 0 Å². The van der Waals surface area contributed by atoms with E-state index in [0.29, 0.717) is 37.8 Å². The molecule has 8 heteroatoms. The predicted molar refractivity (Wildman–Crippen MR) is 93.1 cm³/mol. The van der Waals surface area contributed by atoms with Gasteiger partial charge >= 0.3 is 0 Å². The van der Waals surface area contributed by atoms with Crippen LogP contribution in [0.15, 0.2) is 36.5 Å². The number of hydrogen-bond donors (Lipinski definition) is 1. The van der Waals surface area contributed by atoms with Crippen LogP contribution in [0, 0.1) is 17.0 Å². The van der Waals surface area contributed by atoms with Crippen LogP contribution in [-0.2, 0) is 4.74 Å². The lowest BCUT2D eigenvalue weighted by atomic mass is 10.1. The van der Waals surface area contributed by atoms with Crippen LogP contribution in [0.2, 0.25) is 0 Å². The quantitative estimate of drug-likeness (QED) is 0.677. The number of aryl methyl sites for hydroxylation is 1. The second kappa shape index (κ2) is 7.27. The molecule has 2 aromatic rings. The highest BCUT2D eigenvalue weighted by Gasteiger charge is 2.22. The second-order valence-corrected chi connectivity index (χ2v) is 5.73. The van der Waals surface area contributed by atoms with Gasteiger partial charge in [-0.3, -0.25) is 14.9 Å². The van der Waals surface area contributed by atoms with Crippen molar-refractivity contribution in [3.8, 4) is 0 Å². The van der Waals surface area contributed by atoms with Gasteiger partial charge in [0.2, 0.25) is 0 Å². The Morgan fingerprint density at radius 2 is 2.04 bits per heavy atom. The van der Waals surface area contributed by atoms with Crippen LogP contribution < -0.4 is 10.2 Å². The van der Waals surface area contributed by atoms with Crippen LogP contribution >= 0.6 is 0 Å². The number of carbonyl (C=O) groups is 1. The van der Waals surface area contributed by atoms with Gasteiger partial charge in [-0.2, -0.15) is 0 Å². The fraction of sp³-hybridized carbons (Fsp3) is 0.294. The number of pyridine rings is 1. The van der Waals surface area contributed by atoms with Crippen molar-refractivity contribution in [2.45, 2.75) is 6.92 Å². The topological polar surface area (TPSA) is 97.6 Å². The first-order valence-electron chi connectivity index (χ1n) is 7.90. The Morgan fingerprint density at radius 1 is 1.28 bits per heavy atom. The summed E-state index contributed by atoms with van der Waals surface area (Å²) in [4.78, 5) is 29.4. The van der Waals surface area contributed by atoms with Gasteiger partial charge in [-0.05, 0) is 30.7 Å². The molecule has 1 aliphatic rings. The third-order valence-electron chi connectivity index (χ3n) is 3.94. The van der Waals surface area contributed by atoms with Gasteiger partial charge in [0, 0.05) is 31.4 Å². The summed E-state index contributed by atoms with van der Waals surface area (Å²) in [6.07, 6.45) is 1.60. The first kappa shape index (κ1) is 16.8. The number of nitro groups is 1. The summed E-state index contributed by atoms with van der Waals surface area (Å²) in [7, 11) is 0. The minimum atomic E-state index is -0.509. The fourth-order valence-electron chi connectivity index (χ4n) is 2.69. The molecule has 0 aliphatic carbocycles. The Hall–Kier alpha value is -3.00. The first-order chi connectivity index (χ1) is 12.0. The number of amides is 1. The van der Waals surface area contributed by atoms with Gasteiger partial charge < -0.3 is 15.0 Å². The van der Waals surface area contributed by atoms with Crippen molar-refractivity contribution in [3.63, 3.8) is 0 Å². The van der Waals surface area contributed by atoms with Crippen molar-refractivity contribution in [1.29, 1.82) is 0 Å². The van der Waals surface area contributed by atoms with E-state index in [1.54, 1.807) is 18.3 Å². The number of nitrogens with zero attached hydrogens (tertiary/aromatic N) is 3. The van der Waals surface area contributed by atoms with Crippen LogP contribution in [0.25, 0.3) is 0 Å². The molecule has 0 spiro atoms. The maximum Gasteiger partial charge on any atom is 0.270 e. The zero-order chi connectivity index (χ0) is 17.8. The fourth-order valence-corrected chi connectivity index (χ4v) is 2.69. The minimum Gasteiger partial charge on any atom is -0.378 e. The summed E-state index contributed by atoms with van der Waals surface area (Å²) in [5.74, 6) is -0.0206. The summed E-state index contributed by atoms with van der Waals surface area (Å²) in [6, 6.07) is 7.89. The van der Waals surface area contributed by atoms with Crippen molar-refractivity contribution < 1.29 is 14.5 Å². The van der Waals surface area contributed by atoms with E-state index in [9.17, 15) is 14.9 Å².